The maximum Gasteiger partial charge on any atom is 0.244 e. The van der Waals surface area contributed by atoms with Crippen LogP contribution in [0.4, 0.5) is 5.82 Å². The zero-order valence-electron chi connectivity index (χ0n) is 15.9. The Morgan fingerprint density at radius 3 is 2.67 bits per heavy atom. The largest absolute Gasteiger partial charge is 0.492 e. The molecule has 0 bridgehead atoms. The number of pyridine rings is 1. The number of nitrogens with zero attached hydrogens (tertiary/aromatic N) is 2. The van der Waals surface area contributed by atoms with Gasteiger partial charge >= 0.3 is 0 Å². The van der Waals surface area contributed by atoms with Crippen LogP contribution in [0.3, 0.4) is 0 Å². The van der Waals surface area contributed by atoms with Crippen molar-refractivity contribution < 1.29 is 13.2 Å². The smallest absolute Gasteiger partial charge is 0.244 e. The van der Waals surface area contributed by atoms with Crippen molar-refractivity contribution >= 4 is 15.8 Å². The Kier molecular flexibility index (Phi) is 6.34. The fraction of sp³-hybridized carbons (Fsp3) is 0.450. The van der Waals surface area contributed by atoms with Gasteiger partial charge in [0, 0.05) is 25.8 Å². The topological polar surface area (TPSA) is 71.5 Å². The molecule has 7 heteroatoms. The first-order valence-electron chi connectivity index (χ1n) is 9.38. The Morgan fingerprint density at radius 1 is 1.22 bits per heavy atom. The van der Waals surface area contributed by atoms with Gasteiger partial charge in [0.25, 0.3) is 0 Å². The maximum absolute atomic E-state index is 12.8. The third-order valence-electron chi connectivity index (χ3n) is 4.84. The van der Waals surface area contributed by atoms with Gasteiger partial charge in [0.05, 0.1) is 6.61 Å². The second-order valence-electron chi connectivity index (χ2n) is 6.85. The number of hydrogen-bond acceptors (Lipinski definition) is 5. The Bertz CT molecular complexity index is 848. The van der Waals surface area contributed by atoms with Crippen molar-refractivity contribution in [2.45, 2.75) is 31.6 Å². The number of hydrogen-bond donors (Lipinski definition) is 1. The first-order chi connectivity index (χ1) is 13.0. The van der Waals surface area contributed by atoms with Crippen molar-refractivity contribution in [1.82, 2.24) is 9.71 Å². The monoisotopic (exact) mass is 389 g/mol. The molecule has 1 saturated heterocycles. The minimum atomic E-state index is -3.60. The van der Waals surface area contributed by atoms with Crippen LogP contribution in [0.2, 0.25) is 0 Å². The molecule has 2 heterocycles. The summed E-state index contributed by atoms with van der Waals surface area (Å²) in [5, 5.41) is 0. The van der Waals surface area contributed by atoms with E-state index in [4.69, 9.17) is 4.74 Å². The molecule has 146 valence electrons. The third-order valence-corrected chi connectivity index (χ3v) is 6.28. The van der Waals surface area contributed by atoms with Gasteiger partial charge in [0.15, 0.2) is 0 Å². The van der Waals surface area contributed by atoms with Crippen molar-refractivity contribution in [3.05, 3.63) is 48.2 Å². The zero-order chi connectivity index (χ0) is 19.3. The van der Waals surface area contributed by atoms with Gasteiger partial charge in [0.2, 0.25) is 10.0 Å². The lowest BCUT2D eigenvalue weighted by atomic mass is 9.97. The summed E-state index contributed by atoms with van der Waals surface area (Å²) in [7, 11) is -3.60. The summed E-state index contributed by atoms with van der Waals surface area (Å²) in [6.45, 7) is 6.37. The highest BCUT2D eigenvalue weighted by atomic mass is 32.2. The van der Waals surface area contributed by atoms with E-state index >= 15 is 0 Å². The van der Waals surface area contributed by atoms with Crippen molar-refractivity contribution in [2.24, 2.45) is 5.92 Å². The minimum Gasteiger partial charge on any atom is -0.492 e. The number of sulfonamides is 1. The van der Waals surface area contributed by atoms with E-state index in [-0.39, 0.29) is 4.90 Å². The van der Waals surface area contributed by atoms with E-state index < -0.39 is 10.0 Å². The van der Waals surface area contributed by atoms with Crippen LogP contribution in [0.25, 0.3) is 0 Å². The van der Waals surface area contributed by atoms with Crippen molar-refractivity contribution in [3.63, 3.8) is 0 Å². The second-order valence-corrected chi connectivity index (χ2v) is 8.59. The van der Waals surface area contributed by atoms with E-state index in [0.717, 1.165) is 37.3 Å². The molecule has 2 aromatic rings. The molecular formula is C20H27N3O3S. The molecule has 3 rings (SSSR count). The van der Waals surface area contributed by atoms with Crippen molar-refractivity contribution in [1.29, 1.82) is 0 Å². The first-order valence-corrected chi connectivity index (χ1v) is 10.9. The van der Waals surface area contributed by atoms with Gasteiger partial charge in [-0.3, -0.25) is 0 Å². The molecule has 1 aromatic heterocycles. The lowest BCUT2D eigenvalue weighted by Gasteiger charge is -2.32. The molecule has 0 amide bonds. The molecule has 6 nitrogen and oxygen atoms in total. The molecule has 1 aliphatic rings. The zero-order valence-corrected chi connectivity index (χ0v) is 16.7. The Morgan fingerprint density at radius 2 is 2.00 bits per heavy atom. The molecular weight excluding hydrogens is 362 g/mol. The van der Waals surface area contributed by atoms with Gasteiger partial charge in [-0.05, 0) is 62.4 Å². The van der Waals surface area contributed by atoms with E-state index in [1.807, 2.05) is 38.1 Å². The van der Waals surface area contributed by atoms with Crippen LogP contribution in [0, 0.1) is 12.8 Å². The number of piperidine rings is 1. The lowest BCUT2D eigenvalue weighted by molar-refractivity contribution is 0.330. The van der Waals surface area contributed by atoms with Crippen LogP contribution in [-0.2, 0) is 10.0 Å². The van der Waals surface area contributed by atoms with E-state index in [1.54, 1.807) is 18.3 Å². The van der Waals surface area contributed by atoms with E-state index in [0.29, 0.717) is 24.8 Å². The predicted molar refractivity (Wildman–Crippen MR) is 107 cm³/mol. The van der Waals surface area contributed by atoms with Crippen molar-refractivity contribution in [2.75, 3.05) is 31.1 Å². The lowest BCUT2D eigenvalue weighted by Crippen LogP contribution is -2.39. The average Bonchev–Trinajstić information content (AvgIpc) is 2.69. The summed E-state index contributed by atoms with van der Waals surface area (Å²) in [6.07, 6.45) is 3.67. The number of anilines is 1. The molecule has 0 unspecified atom stereocenters. The fourth-order valence-corrected chi connectivity index (χ4v) is 4.66. The van der Waals surface area contributed by atoms with Gasteiger partial charge in [0.1, 0.15) is 16.5 Å². The Labute approximate surface area is 161 Å². The summed E-state index contributed by atoms with van der Waals surface area (Å²) in [5.41, 5.74) is 0.891. The van der Waals surface area contributed by atoms with Gasteiger partial charge in [-0.25, -0.2) is 18.1 Å². The maximum atomic E-state index is 12.8. The fourth-order valence-electron chi connectivity index (χ4n) is 3.31. The predicted octanol–water partition coefficient (Wildman–Crippen LogP) is 2.98. The van der Waals surface area contributed by atoms with Crippen LogP contribution in [0.5, 0.6) is 5.75 Å². The molecule has 1 N–H and O–H groups in total. The minimum absolute atomic E-state index is 0.218. The Balaban J connectivity index is 1.60. The molecule has 0 aliphatic carbocycles. The summed E-state index contributed by atoms with van der Waals surface area (Å²) in [5.74, 6) is 1.71. The summed E-state index contributed by atoms with van der Waals surface area (Å²) < 4.78 is 33.9. The van der Waals surface area contributed by atoms with Crippen LogP contribution < -0.4 is 14.4 Å². The van der Waals surface area contributed by atoms with Gasteiger partial charge in [-0.2, -0.15) is 0 Å². The van der Waals surface area contributed by atoms with E-state index in [9.17, 15) is 8.42 Å². The first kappa shape index (κ1) is 19.6. The molecule has 1 aliphatic heterocycles. The standard InChI is InChI=1S/C20H27N3O3S/c1-3-26-18-8-7-16(2)14-19(18)27(24,25)22-15-17-9-12-23(13-10-17)20-6-4-5-11-21-20/h4-8,11,14,17,22H,3,9-10,12-13,15H2,1-2H3. The number of benzene rings is 1. The number of nitrogens with one attached hydrogen (secondary N) is 1. The highest BCUT2D eigenvalue weighted by Crippen LogP contribution is 2.26. The highest BCUT2D eigenvalue weighted by Gasteiger charge is 2.24. The van der Waals surface area contributed by atoms with Gasteiger partial charge in [-0.1, -0.05) is 12.1 Å². The second kappa shape index (κ2) is 8.71. The molecule has 1 fully saturated rings. The summed E-state index contributed by atoms with van der Waals surface area (Å²) in [6, 6.07) is 11.1. The van der Waals surface area contributed by atoms with Crippen LogP contribution >= 0.6 is 0 Å². The molecule has 0 atom stereocenters. The molecule has 0 spiro atoms. The molecule has 1 aromatic carbocycles. The normalized spacial score (nSPS) is 15.7. The molecule has 0 saturated carbocycles. The molecule has 27 heavy (non-hydrogen) atoms. The van der Waals surface area contributed by atoms with Gasteiger partial charge < -0.3 is 9.64 Å². The highest BCUT2D eigenvalue weighted by molar-refractivity contribution is 7.89. The number of aryl methyl sites for hydroxylation is 1. The number of rotatable bonds is 7. The van der Waals surface area contributed by atoms with E-state index in [1.165, 1.54) is 0 Å². The summed E-state index contributed by atoms with van der Waals surface area (Å²) in [4.78, 5) is 6.85. The SMILES string of the molecule is CCOc1ccc(C)cc1S(=O)(=O)NCC1CCN(c2ccccn2)CC1. The quantitative estimate of drug-likeness (QED) is 0.788. The van der Waals surface area contributed by atoms with E-state index in [2.05, 4.69) is 14.6 Å². The average molecular weight is 390 g/mol. The third kappa shape index (κ3) is 4.99. The van der Waals surface area contributed by atoms with Crippen LogP contribution in [0.1, 0.15) is 25.3 Å². The van der Waals surface area contributed by atoms with Crippen LogP contribution in [-0.4, -0.2) is 39.6 Å². The Hall–Kier alpha value is -2.12. The number of ether oxygens (including phenoxy) is 1. The number of aromatic nitrogens is 1. The van der Waals surface area contributed by atoms with Gasteiger partial charge in [-0.15, -0.1) is 0 Å². The van der Waals surface area contributed by atoms with Crippen LogP contribution in [0.15, 0.2) is 47.5 Å². The summed E-state index contributed by atoms with van der Waals surface area (Å²) >= 11 is 0. The van der Waals surface area contributed by atoms with Crippen molar-refractivity contribution in [3.8, 4) is 5.75 Å². The molecule has 0 radical (unpaired) electrons.